The van der Waals surface area contributed by atoms with E-state index in [-0.39, 0.29) is 170 Å². The van der Waals surface area contributed by atoms with E-state index in [9.17, 15) is 61.2 Å². The van der Waals surface area contributed by atoms with E-state index in [0.717, 1.165) is 0 Å². The fraction of sp³-hybridized carbons (Fsp3) is 1.00. The van der Waals surface area contributed by atoms with Crippen LogP contribution >= 0.6 is 39.5 Å². The molecule has 41 heteroatoms. The summed E-state index contributed by atoms with van der Waals surface area (Å²) >= 11 is 0. The first-order valence-electron chi connectivity index (χ1n) is 5.61. The molecule has 0 aliphatic carbocycles. The van der Waals surface area contributed by atoms with Crippen molar-refractivity contribution in [3.63, 3.8) is 0 Å². The summed E-state index contributed by atoms with van der Waals surface area (Å²) < 4.78 is 178. The zero-order valence-electron chi connectivity index (χ0n) is 23.4. The van der Waals surface area contributed by atoms with Crippen molar-refractivity contribution in [2.45, 2.75) is 18.2 Å². The van der Waals surface area contributed by atoms with Gasteiger partial charge in [-0.25, -0.2) is 16.8 Å². The molecule has 0 heterocycles. The van der Waals surface area contributed by atoms with Crippen LogP contribution in [0.25, 0.3) is 0 Å². The fourth-order valence-electron chi connectivity index (χ4n) is 0.414. The Hall–Kier alpha value is 5.29. The summed E-state index contributed by atoms with van der Waals surface area (Å²) in [6.45, 7) is 0. The second-order valence-corrected chi connectivity index (χ2v) is 8.32. The largest absolute Gasteiger partial charge is 1.00 e. The standard InChI is InChI=1S/C3HF8O3P.4FH2O3P.9Li/c4-1(2(5,6)7,3(8,9)10)14-15(11,12)13;4*1-5(2,3)4;;;;;;;;;/h(H,12,13);4*(H2,2,3,4);;;;;;;;;/q;;;;;9*+1/p-9. The molecule has 0 aromatic heterocycles. The van der Waals surface area contributed by atoms with Crippen molar-refractivity contribution in [2.75, 3.05) is 0 Å². The van der Waals surface area contributed by atoms with Crippen LogP contribution in [0.5, 0.6) is 0 Å². The molecule has 0 aromatic rings. The maximum atomic E-state index is 12.2. The molecule has 0 spiro atoms. The molecule has 0 rings (SSSR count). The molecule has 1 unspecified atom stereocenters. The molecule has 0 bridgehead atoms. The van der Waals surface area contributed by atoms with Crippen LogP contribution in [0.3, 0.4) is 0 Å². The van der Waals surface area contributed by atoms with Crippen LogP contribution in [0, 0.1) is 0 Å². The van der Waals surface area contributed by atoms with Gasteiger partial charge in [-0.05, 0) is 0 Å². The average Bonchev–Trinajstić information content (AvgIpc) is 2.23. The number of hydrogen-bond acceptors (Lipinski definition) is 15. The first-order valence-corrected chi connectivity index (χ1v) is 12.8. The van der Waals surface area contributed by atoms with E-state index in [4.69, 9.17) is 57.4 Å². The Morgan fingerprint density at radius 1 is 0.364 bits per heavy atom. The number of alkyl halides is 7. The Kier molecular flexibility index (Phi) is 76.8. The van der Waals surface area contributed by atoms with Gasteiger partial charge in [-0.2, -0.15) is 34.9 Å². The summed E-state index contributed by atoms with van der Waals surface area (Å²) in [5, 5.41) is 0. The third-order valence-corrected chi connectivity index (χ3v) is 1.43. The van der Waals surface area contributed by atoms with E-state index in [1.54, 1.807) is 4.52 Å². The summed E-state index contributed by atoms with van der Waals surface area (Å²) in [6.07, 6.45) is -13.6. The first-order chi connectivity index (χ1) is 14.2. The second kappa shape index (κ2) is 36.6. The zero-order valence-corrected chi connectivity index (χ0v) is 27.9. The van der Waals surface area contributed by atoms with E-state index in [0.29, 0.717) is 0 Å². The van der Waals surface area contributed by atoms with Gasteiger partial charge in [0.1, 0.15) is 31.6 Å². The number of hydrogen-bond donors (Lipinski definition) is 0. The molecular formula is C3F12Li9O15P5. The fourth-order valence-corrected chi connectivity index (χ4v) is 0.922. The SMILES string of the molecule is O=P([O-])(F)OC(F)(C(F)(F)F)C(F)(F)F.O=P([O-])([O-])F.O=P([O-])([O-])F.O=P([O-])([O-])F.O=P([O-])([O-])F.[Li+].[Li+].[Li+].[Li+].[Li+].[Li+].[Li+].[Li+].[Li+]. The van der Waals surface area contributed by atoms with Crippen molar-refractivity contribution >= 4 is 39.5 Å². The van der Waals surface area contributed by atoms with Gasteiger partial charge >= 0.3 is 196 Å². The molecule has 44 heavy (non-hydrogen) atoms. The van der Waals surface area contributed by atoms with Crippen molar-refractivity contribution in [3.05, 3.63) is 0 Å². The van der Waals surface area contributed by atoms with Crippen LogP contribution < -0.4 is 214 Å². The molecule has 0 saturated heterocycles. The quantitative estimate of drug-likeness (QED) is 0.145. The predicted octanol–water partition coefficient (Wildman–Crippen LogP) is -29.6. The van der Waals surface area contributed by atoms with Crippen LogP contribution in [0.15, 0.2) is 0 Å². The third-order valence-electron chi connectivity index (χ3n) is 0.964. The maximum Gasteiger partial charge on any atom is 1.00 e. The normalized spacial score (nSPS) is 11.8. The molecule has 0 N–H and O–H groups in total. The van der Waals surface area contributed by atoms with Crippen molar-refractivity contribution in [1.82, 2.24) is 0 Å². The Morgan fingerprint density at radius 3 is 0.477 bits per heavy atom. The van der Waals surface area contributed by atoms with Crippen LogP contribution in [0.1, 0.15) is 0 Å². The van der Waals surface area contributed by atoms with Crippen molar-refractivity contribution in [2.24, 2.45) is 0 Å². The summed E-state index contributed by atoms with van der Waals surface area (Å²) in [5.74, 6) is -6.59. The van der Waals surface area contributed by atoms with E-state index in [2.05, 4.69) is 0 Å². The summed E-state index contributed by atoms with van der Waals surface area (Å²) in [6, 6.07) is 0. The minimum Gasteiger partial charge on any atom is -0.786 e. The van der Waals surface area contributed by atoms with Gasteiger partial charge in [0.05, 0.1) is 0 Å². The smallest absolute Gasteiger partial charge is 0.786 e. The Morgan fingerprint density at radius 2 is 0.455 bits per heavy atom. The molecular weight excluding hydrogens is 721 g/mol. The van der Waals surface area contributed by atoms with Gasteiger partial charge in [0.25, 0.3) is 0 Å². The molecule has 0 amide bonds. The van der Waals surface area contributed by atoms with Crippen molar-refractivity contribution < 1.29 is 293 Å². The maximum absolute atomic E-state index is 12.2. The Labute approximate surface area is 346 Å². The van der Waals surface area contributed by atoms with Crippen LogP contribution in [-0.4, -0.2) is 18.2 Å². The molecule has 15 nitrogen and oxygen atoms in total. The van der Waals surface area contributed by atoms with E-state index in [1.807, 2.05) is 0 Å². The van der Waals surface area contributed by atoms with E-state index in [1.165, 1.54) is 0 Å². The van der Waals surface area contributed by atoms with Crippen LogP contribution in [0.4, 0.5) is 51.7 Å². The third kappa shape index (κ3) is 118. The monoisotopic (exact) mass is 722 g/mol. The molecule has 0 saturated carbocycles. The summed E-state index contributed by atoms with van der Waals surface area (Å²) in [5.41, 5.74) is 0. The number of rotatable bonds is 2. The topological polar surface area (TPSA) is 302 Å². The first kappa shape index (κ1) is 92.3. The Balaban J connectivity index is -0.0000000223. The summed E-state index contributed by atoms with van der Waals surface area (Å²) in [4.78, 5) is 76.9. The molecule has 1 atom stereocenters. The van der Waals surface area contributed by atoms with E-state index < -0.39 is 57.7 Å². The summed E-state index contributed by atoms with van der Waals surface area (Å²) in [7, 11) is -29.6. The van der Waals surface area contributed by atoms with E-state index >= 15 is 0 Å². The molecule has 0 aliphatic rings. The molecule has 0 radical (unpaired) electrons. The van der Waals surface area contributed by atoms with Crippen molar-refractivity contribution in [3.8, 4) is 0 Å². The molecule has 0 fully saturated rings. The van der Waals surface area contributed by atoms with Crippen LogP contribution in [0.2, 0.25) is 0 Å². The van der Waals surface area contributed by atoms with Gasteiger partial charge in [0.15, 0.2) is 0 Å². The van der Waals surface area contributed by atoms with Crippen molar-refractivity contribution in [1.29, 1.82) is 0 Å². The Bertz CT molecular complexity index is 729. The molecule has 0 aliphatic heterocycles. The molecule has 220 valence electrons. The average molecular weight is 721 g/mol. The predicted molar refractivity (Wildman–Crippen MR) is 60.6 cm³/mol. The van der Waals surface area contributed by atoms with Crippen LogP contribution in [-0.2, 0) is 27.3 Å². The molecule has 0 aromatic carbocycles. The van der Waals surface area contributed by atoms with Gasteiger partial charge in [-0.3, -0.25) is 9.09 Å². The van der Waals surface area contributed by atoms with Gasteiger partial charge in [0.2, 0.25) is 0 Å². The van der Waals surface area contributed by atoms with Gasteiger partial charge in [-0.15, -0.1) is 0 Å². The minimum atomic E-state index is -7.05. The number of halogens is 12. The van der Waals surface area contributed by atoms with Gasteiger partial charge < -0.3 is 62.3 Å². The minimum absolute atomic E-state index is 0. The van der Waals surface area contributed by atoms with Gasteiger partial charge in [-0.1, -0.05) is 0 Å². The zero-order chi connectivity index (χ0) is 30.7. The second-order valence-electron chi connectivity index (χ2n) is 3.84. The van der Waals surface area contributed by atoms with Gasteiger partial charge in [0, 0.05) is 0 Å².